The predicted octanol–water partition coefficient (Wildman–Crippen LogP) is 6.11. The van der Waals surface area contributed by atoms with Crippen LogP contribution in [0.5, 0.6) is 0 Å². The highest BCUT2D eigenvalue weighted by Gasteiger charge is 2.20. The summed E-state index contributed by atoms with van der Waals surface area (Å²) in [4.78, 5) is 25.6. The van der Waals surface area contributed by atoms with Crippen LogP contribution in [0.15, 0.2) is 60.7 Å². The fraction of sp³-hybridized carbons (Fsp3) is 0.0909. The van der Waals surface area contributed by atoms with Gasteiger partial charge in [0.1, 0.15) is 0 Å². The van der Waals surface area contributed by atoms with E-state index in [1.165, 1.54) is 12.1 Å². The molecule has 4 nitrogen and oxygen atoms in total. The summed E-state index contributed by atoms with van der Waals surface area (Å²) in [5.41, 5.74) is 3.66. The molecule has 0 aliphatic rings. The minimum atomic E-state index is -0.448. The Bertz CT molecular complexity index is 945. The van der Waals surface area contributed by atoms with Gasteiger partial charge < -0.3 is 10.6 Å². The van der Waals surface area contributed by atoms with E-state index in [9.17, 15) is 9.59 Å². The molecule has 0 aromatic heterocycles. The average Bonchev–Trinajstić information content (AvgIpc) is 2.67. The lowest BCUT2D eigenvalue weighted by Crippen LogP contribution is -2.20. The van der Waals surface area contributed by atoms with Gasteiger partial charge in [0, 0.05) is 11.4 Å². The molecule has 3 rings (SSSR count). The van der Waals surface area contributed by atoms with Gasteiger partial charge in [-0.3, -0.25) is 9.59 Å². The molecule has 0 saturated carbocycles. The number of benzene rings is 3. The zero-order valence-corrected chi connectivity index (χ0v) is 16.9. The number of aryl methyl sites for hydroxylation is 2. The zero-order valence-electron chi connectivity index (χ0n) is 15.3. The fourth-order valence-electron chi connectivity index (χ4n) is 2.59. The topological polar surface area (TPSA) is 58.2 Å². The van der Waals surface area contributed by atoms with E-state index < -0.39 is 11.8 Å². The van der Waals surface area contributed by atoms with Gasteiger partial charge in [-0.25, -0.2) is 0 Å². The second-order valence-electron chi connectivity index (χ2n) is 6.45. The maximum atomic E-state index is 12.8. The van der Waals surface area contributed by atoms with Gasteiger partial charge in [-0.05, 0) is 50.2 Å². The number of rotatable bonds is 4. The Morgan fingerprint density at radius 1 is 0.643 bits per heavy atom. The Balaban J connectivity index is 1.90. The number of hydrogen-bond acceptors (Lipinski definition) is 2. The van der Waals surface area contributed by atoms with Gasteiger partial charge in [-0.2, -0.15) is 0 Å². The minimum Gasteiger partial charge on any atom is -0.322 e. The molecule has 0 atom stereocenters. The van der Waals surface area contributed by atoms with Crippen LogP contribution in [0.2, 0.25) is 10.0 Å². The molecule has 0 unspecified atom stereocenters. The summed E-state index contributed by atoms with van der Waals surface area (Å²) < 4.78 is 0. The lowest BCUT2D eigenvalue weighted by Gasteiger charge is -2.13. The largest absolute Gasteiger partial charge is 0.322 e. The number of carbonyl (C=O) groups excluding carboxylic acids is 2. The van der Waals surface area contributed by atoms with Gasteiger partial charge in [-0.1, -0.05) is 58.6 Å². The third kappa shape index (κ3) is 4.71. The normalized spacial score (nSPS) is 10.4. The number of anilines is 2. The molecule has 2 N–H and O–H groups in total. The maximum Gasteiger partial charge on any atom is 0.256 e. The van der Waals surface area contributed by atoms with Crippen LogP contribution in [-0.4, -0.2) is 11.8 Å². The standard InChI is InChI=1S/C22H18Cl2N2O2/c1-13-3-7-15(8-4-13)25-21(27)17-11-19(23)20(24)12-18(17)22(28)26-16-9-5-14(2)6-10-16/h3-12H,1-2H3,(H,25,27)(H,26,28). The molecule has 0 fully saturated rings. The second-order valence-corrected chi connectivity index (χ2v) is 7.27. The van der Waals surface area contributed by atoms with Crippen molar-refractivity contribution in [3.05, 3.63) is 93.0 Å². The van der Waals surface area contributed by atoms with Crippen LogP contribution >= 0.6 is 23.2 Å². The fourth-order valence-corrected chi connectivity index (χ4v) is 2.92. The molecule has 0 heterocycles. The second kappa shape index (κ2) is 8.46. The Morgan fingerprint density at radius 3 is 1.29 bits per heavy atom. The highest BCUT2D eigenvalue weighted by atomic mass is 35.5. The lowest BCUT2D eigenvalue weighted by atomic mass is 10.1. The zero-order chi connectivity index (χ0) is 20.3. The number of hydrogen-bond donors (Lipinski definition) is 2. The molecule has 0 aliphatic carbocycles. The number of halogens is 2. The number of nitrogens with one attached hydrogen (secondary N) is 2. The first kappa shape index (κ1) is 19.9. The molecule has 0 saturated heterocycles. The van der Waals surface area contributed by atoms with Crippen LogP contribution in [0.4, 0.5) is 11.4 Å². The molecule has 0 bridgehead atoms. The van der Waals surface area contributed by atoms with Crippen LogP contribution in [0.3, 0.4) is 0 Å². The van der Waals surface area contributed by atoms with E-state index in [-0.39, 0.29) is 21.2 Å². The van der Waals surface area contributed by atoms with E-state index in [0.717, 1.165) is 11.1 Å². The Labute approximate surface area is 173 Å². The summed E-state index contributed by atoms with van der Waals surface area (Å²) in [6, 6.07) is 17.5. The van der Waals surface area contributed by atoms with Crippen LogP contribution in [-0.2, 0) is 0 Å². The van der Waals surface area contributed by atoms with Crippen LogP contribution < -0.4 is 10.6 Å². The van der Waals surface area contributed by atoms with Gasteiger partial charge in [0.25, 0.3) is 11.8 Å². The molecule has 3 aromatic carbocycles. The summed E-state index contributed by atoms with van der Waals surface area (Å²) in [7, 11) is 0. The molecule has 142 valence electrons. The van der Waals surface area contributed by atoms with Crippen molar-refractivity contribution < 1.29 is 9.59 Å². The molecular formula is C22H18Cl2N2O2. The molecule has 6 heteroatoms. The van der Waals surface area contributed by atoms with E-state index in [1.54, 1.807) is 24.3 Å². The predicted molar refractivity (Wildman–Crippen MR) is 115 cm³/mol. The van der Waals surface area contributed by atoms with Crippen molar-refractivity contribution in [2.45, 2.75) is 13.8 Å². The van der Waals surface area contributed by atoms with Crippen molar-refractivity contribution in [1.29, 1.82) is 0 Å². The van der Waals surface area contributed by atoms with E-state index in [1.807, 2.05) is 38.1 Å². The first-order valence-electron chi connectivity index (χ1n) is 8.58. The monoisotopic (exact) mass is 412 g/mol. The van der Waals surface area contributed by atoms with E-state index in [4.69, 9.17) is 23.2 Å². The molecule has 0 spiro atoms. The first-order valence-corrected chi connectivity index (χ1v) is 9.34. The summed E-state index contributed by atoms with van der Waals surface area (Å²) in [6.07, 6.45) is 0. The molecule has 3 aromatic rings. The third-order valence-corrected chi connectivity index (χ3v) is 4.89. The van der Waals surface area contributed by atoms with Crippen molar-refractivity contribution in [3.63, 3.8) is 0 Å². The average molecular weight is 413 g/mol. The smallest absolute Gasteiger partial charge is 0.256 e. The SMILES string of the molecule is Cc1ccc(NC(=O)c2cc(Cl)c(Cl)cc2C(=O)Nc2ccc(C)cc2)cc1. The summed E-state index contributed by atoms with van der Waals surface area (Å²) in [5.74, 6) is -0.895. The summed E-state index contributed by atoms with van der Waals surface area (Å²) in [5, 5.41) is 5.95. The van der Waals surface area contributed by atoms with E-state index >= 15 is 0 Å². The van der Waals surface area contributed by atoms with Gasteiger partial charge >= 0.3 is 0 Å². The van der Waals surface area contributed by atoms with Crippen molar-refractivity contribution >= 4 is 46.4 Å². The van der Waals surface area contributed by atoms with Crippen LogP contribution in [0.25, 0.3) is 0 Å². The van der Waals surface area contributed by atoms with Gasteiger partial charge in [0.2, 0.25) is 0 Å². The Hall–Kier alpha value is -2.82. The van der Waals surface area contributed by atoms with E-state index in [2.05, 4.69) is 10.6 Å². The van der Waals surface area contributed by atoms with Gasteiger partial charge in [0.05, 0.1) is 21.2 Å². The first-order chi connectivity index (χ1) is 13.3. The van der Waals surface area contributed by atoms with Crippen LogP contribution in [0.1, 0.15) is 31.8 Å². The quantitative estimate of drug-likeness (QED) is 0.542. The lowest BCUT2D eigenvalue weighted by molar-refractivity contribution is 0.0990. The molecule has 28 heavy (non-hydrogen) atoms. The molecular weight excluding hydrogens is 395 g/mol. The summed E-state index contributed by atoms with van der Waals surface area (Å²) in [6.45, 7) is 3.91. The van der Waals surface area contributed by atoms with E-state index in [0.29, 0.717) is 11.4 Å². The van der Waals surface area contributed by atoms with Crippen molar-refractivity contribution in [3.8, 4) is 0 Å². The maximum absolute atomic E-state index is 12.8. The highest BCUT2D eigenvalue weighted by molar-refractivity contribution is 6.42. The third-order valence-electron chi connectivity index (χ3n) is 4.17. The number of amides is 2. The molecule has 2 amide bonds. The molecule has 0 radical (unpaired) electrons. The number of carbonyl (C=O) groups is 2. The van der Waals surface area contributed by atoms with Gasteiger partial charge in [0.15, 0.2) is 0 Å². The van der Waals surface area contributed by atoms with Crippen molar-refractivity contribution in [2.75, 3.05) is 10.6 Å². The van der Waals surface area contributed by atoms with Gasteiger partial charge in [-0.15, -0.1) is 0 Å². The van der Waals surface area contributed by atoms with Crippen molar-refractivity contribution in [1.82, 2.24) is 0 Å². The highest BCUT2D eigenvalue weighted by Crippen LogP contribution is 2.27. The molecule has 0 aliphatic heterocycles. The van der Waals surface area contributed by atoms with Crippen molar-refractivity contribution in [2.24, 2.45) is 0 Å². The summed E-state index contributed by atoms with van der Waals surface area (Å²) >= 11 is 12.2. The Kier molecular flexibility index (Phi) is 6.02. The Morgan fingerprint density at radius 2 is 0.964 bits per heavy atom. The van der Waals surface area contributed by atoms with Crippen LogP contribution in [0, 0.1) is 13.8 Å². The minimum absolute atomic E-state index is 0.139.